The third-order valence-corrected chi connectivity index (χ3v) is 5.43. The van der Waals surface area contributed by atoms with Crippen LogP contribution in [0.4, 0.5) is 0 Å². The van der Waals surface area contributed by atoms with Gasteiger partial charge >= 0.3 is 0 Å². The Morgan fingerprint density at radius 3 is 2.42 bits per heavy atom. The molecule has 2 aromatic carbocycles. The van der Waals surface area contributed by atoms with Crippen LogP contribution in [0.3, 0.4) is 0 Å². The smallest absolute Gasteiger partial charge is 0.255 e. The van der Waals surface area contributed by atoms with E-state index in [0.29, 0.717) is 11.5 Å². The maximum Gasteiger partial charge on any atom is 0.255 e. The second-order valence-electron chi connectivity index (χ2n) is 6.73. The zero-order chi connectivity index (χ0) is 17.0. The van der Waals surface area contributed by atoms with Crippen LogP contribution in [0.5, 0.6) is 0 Å². The molecule has 0 bridgehead atoms. The first-order chi connectivity index (χ1) is 11.5. The lowest BCUT2D eigenvalue weighted by Crippen LogP contribution is -2.31. The highest BCUT2D eigenvalue weighted by Crippen LogP contribution is 2.49. The van der Waals surface area contributed by atoms with Crippen molar-refractivity contribution in [2.24, 2.45) is 0 Å². The predicted molar refractivity (Wildman–Crippen MR) is 87.6 cm³/mol. The number of carbonyl (C=O) groups excluding carboxylic acids is 2. The molecule has 3 atom stereocenters. The molecule has 0 radical (unpaired) electrons. The molecular formula is C20H18NO3-. The fourth-order valence-electron chi connectivity index (χ4n) is 4.32. The maximum absolute atomic E-state index is 13.1. The molecule has 0 saturated carbocycles. The third kappa shape index (κ3) is 1.92. The van der Waals surface area contributed by atoms with Gasteiger partial charge in [-0.3, -0.25) is 4.79 Å². The van der Waals surface area contributed by atoms with E-state index in [-0.39, 0.29) is 23.6 Å². The predicted octanol–water partition coefficient (Wildman–Crippen LogP) is 2.82. The number of carboxylic acid groups (broad SMARTS) is 1. The molecule has 4 heteroatoms. The molecule has 2 heterocycles. The summed E-state index contributed by atoms with van der Waals surface area (Å²) in [7, 11) is 0. The number of aromatic carboxylic acids is 1. The zero-order valence-corrected chi connectivity index (χ0v) is 13.7. The average Bonchev–Trinajstić information content (AvgIpc) is 2.80. The summed E-state index contributed by atoms with van der Waals surface area (Å²) in [5.41, 5.74) is 3.53. The Balaban J connectivity index is 1.91. The molecule has 24 heavy (non-hydrogen) atoms. The molecule has 122 valence electrons. The lowest BCUT2D eigenvalue weighted by atomic mass is 9.88. The molecule has 0 aliphatic carbocycles. The fourth-order valence-corrected chi connectivity index (χ4v) is 4.32. The number of hydrogen-bond donors (Lipinski definition) is 0. The van der Waals surface area contributed by atoms with Crippen LogP contribution in [0.15, 0.2) is 42.5 Å². The van der Waals surface area contributed by atoms with Crippen molar-refractivity contribution in [2.45, 2.75) is 38.3 Å². The molecule has 1 amide bonds. The highest BCUT2D eigenvalue weighted by Gasteiger charge is 2.44. The fraction of sp³-hybridized carbons (Fsp3) is 0.300. The molecule has 2 aliphatic heterocycles. The van der Waals surface area contributed by atoms with Crippen LogP contribution in [-0.4, -0.2) is 16.8 Å². The van der Waals surface area contributed by atoms with E-state index in [4.69, 9.17) is 0 Å². The average molecular weight is 320 g/mol. The summed E-state index contributed by atoms with van der Waals surface area (Å²) < 4.78 is 0. The van der Waals surface area contributed by atoms with Crippen molar-refractivity contribution in [3.63, 3.8) is 0 Å². The Morgan fingerprint density at radius 2 is 1.71 bits per heavy atom. The third-order valence-electron chi connectivity index (χ3n) is 5.43. The van der Waals surface area contributed by atoms with Crippen LogP contribution < -0.4 is 5.11 Å². The Kier molecular flexibility index (Phi) is 3.23. The molecule has 4 rings (SSSR count). The number of carbonyl (C=O) groups is 2. The largest absolute Gasteiger partial charge is 0.545 e. The van der Waals surface area contributed by atoms with Gasteiger partial charge in [0, 0.05) is 5.56 Å². The van der Waals surface area contributed by atoms with Crippen molar-refractivity contribution < 1.29 is 14.7 Å². The minimum Gasteiger partial charge on any atom is -0.545 e. The van der Waals surface area contributed by atoms with E-state index >= 15 is 0 Å². The first-order valence-corrected chi connectivity index (χ1v) is 8.26. The summed E-state index contributed by atoms with van der Waals surface area (Å²) in [4.78, 5) is 26.4. The Morgan fingerprint density at radius 1 is 1.04 bits per heavy atom. The number of hydrogen-bond acceptors (Lipinski definition) is 3. The summed E-state index contributed by atoms with van der Waals surface area (Å²) in [6, 6.07) is 13.1. The van der Waals surface area contributed by atoms with Gasteiger partial charge in [0.15, 0.2) is 0 Å². The number of rotatable bonds is 1. The maximum atomic E-state index is 13.1. The van der Waals surface area contributed by atoms with Crippen LogP contribution in [0.25, 0.3) is 0 Å². The first kappa shape index (κ1) is 14.9. The van der Waals surface area contributed by atoms with Gasteiger partial charge in [0.1, 0.15) is 0 Å². The Bertz CT molecular complexity index is 858. The summed E-state index contributed by atoms with van der Waals surface area (Å²) in [6.45, 7) is 4.19. The van der Waals surface area contributed by atoms with Gasteiger partial charge < -0.3 is 14.8 Å². The summed E-state index contributed by atoms with van der Waals surface area (Å²) in [5.74, 6) is -1.20. The minimum absolute atomic E-state index is 0.00119. The van der Waals surface area contributed by atoms with Crippen LogP contribution >= 0.6 is 0 Å². The lowest BCUT2D eigenvalue weighted by Gasteiger charge is -2.29. The van der Waals surface area contributed by atoms with E-state index in [1.165, 1.54) is 11.6 Å². The highest BCUT2D eigenvalue weighted by atomic mass is 16.4. The first-order valence-electron chi connectivity index (χ1n) is 8.26. The summed E-state index contributed by atoms with van der Waals surface area (Å²) in [6.07, 6.45) is 0.788. The Labute approximate surface area is 140 Å². The van der Waals surface area contributed by atoms with Crippen LogP contribution in [-0.2, 0) is 0 Å². The van der Waals surface area contributed by atoms with Gasteiger partial charge in [-0.25, -0.2) is 0 Å². The van der Waals surface area contributed by atoms with Crippen molar-refractivity contribution in [1.29, 1.82) is 0 Å². The molecule has 0 N–H and O–H groups in total. The molecule has 2 aliphatic rings. The zero-order valence-electron chi connectivity index (χ0n) is 13.7. The van der Waals surface area contributed by atoms with E-state index in [2.05, 4.69) is 19.1 Å². The molecular weight excluding hydrogens is 302 g/mol. The van der Waals surface area contributed by atoms with E-state index in [1.807, 2.05) is 30.0 Å². The van der Waals surface area contributed by atoms with Crippen LogP contribution in [0, 0.1) is 0 Å². The Hall–Kier alpha value is -2.62. The summed E-state index contributed by atoms with van der Waals surface area (Å²) in [5, 5.41) is 11.4. The number of carboxylic acids is 1. The minimum atomic E-state index is -1.29. The van der Waals surface area contributed by atoms with E-state index in [0.717, 1.165) is 17.5 Å². The van der Waals surface area contributed by atoms with E-state index in [1.54, 1.807) is 6.07 Å². The number of nitrogens with zero attached hydrogens (tertiary/aromatic N) is 1. The number of fused-ring (bicyclic) bond motifs is 4. The van der Waals surface area contributed by atoms with E-state index < -0.39 is 5.97 Å². The van der Waals surface area contributed by atoms with Gasteiger partial charge in [-0.05, 0) is 36.0 Å². The van der Waals surface area contributed by atoms with Crippen molar-refractivity contribution in [1.82, 2.24) is 4.90 Å². The van der Waals surface area contributed by atoms with Gasteiger partial charge in [-0.2, -0.15) is 0 Å². The van der Waals surface area contributed by atoms with Crippen molar-refractivity contribution in [3.8, 4) is 0 Å². The quantitative estimate of drug-likeness (QED) is 0.812. The highest BCUT2D eigenvalue weighted by molar-refractivity contribution is 6.07. The molecule has 0 spiro atoms. The second kappa shape index (κ2) is 5.20. The molecule has 0 unspecified atom stereocenters. The monoisotopic (exact) mass is 320 g/mol. The van der Waals surface area contributed by atoms with Crippen molar-refractivity contribution >= 4 is 11.9 Å². The van der Waals surface area contributed by atoms with Gasteiger partial charge in [0.05, 0.1) is 23.6 Å². The molecule has 0 fully saturated rings. The number of amides is 1. The van der Waals surface area contributed by atoms with Gasteiger partial charge in [0.25, 0.3) is 5.91 Å². The van der Waals surface area contributed by atoms with Gasteiger partial charge in [-0.15, -0.1) is 0 Å². The molecule has 0 aromatic heterocycles. The lowest BCUT2D eigenvalue weighted by molar-refractivity contribution is -0.255. The SMILES string of the molecule is C[C@@H]1C[C@@H]2c3cccc(C(=O)[O-])c3C(=O)N2[C@@H](C)c2ccccc21. The molecule has 4 nitrogen and oxygen atoms in total. The van der Waals surface area contributed by atoms with Crippen molar-refractivity contribution in [2.75, 3.05) is 0 Å². The second-order valence-corrected chi connectivity index (χ2v) is 6.73. The number of benzene rings is 2. The van der Waals surface area contributed by atoms with E-state index in [9.17, 15) is 14.7 Å². The van der Waals surface area contributed by atoms with Gasteiger partial charge in [0.2, 0.25) is 0 Å². The van der Waals surface area contributed by atoms with Gasteiger partial charge in [-0.1, -0.05) is 49.4 Å². The molecule has 2 aromatic rings. The molecule has 0 saturated heterocycles. The summed E-state index contributed by atoms with van der Waals surface area (Å²) >= 11 is 0. The van der Waals surface area contributed by atoms with Crippen molar-refractivity contribution in [3.05, 3.63) is 70.3 Å². The normalized spacial score (nSPS) is 24.8. The van der Waals surface area contributed by atoms with Crippen LogP contribution in [0.2, 0.25) is 0 Å². The topological polar surface area (TPSA) is 60.4 Å². The van der Waals surface area contributed by atoms with Crippen LogP contribution in [0.1, 0.15) is 75.7 Å². The standard InChI is InChI=1S/C20H19NO3/c1-11-10-17-15-8-5-9-16(20(23)24)18(15)19(22)21(17)12(2)14-7-4-3-6-13(11)14/h3-9,11-12,17H,10H2,1-2H3,(H,23,24)/p-1/t11-,12+,17-/m1/s1.